The molecule has 0 aliphatic carbocycles. The molecule has 0 aliphatic heterocycles. The van der Waals surface area contributed by atoms with Gasteiger partial charge in [-0.25, -0.2) is 0 Å². The summed E-state index contributed by atoms with van der Waals surface area (Å²) in [5, 5.41) is 0. The molecule has 0 amide bonds. The minimum Gasteiger partial charge on any atom is -0.324 e. The van der Waals surface area contributed by atoms with Crippen LogP contribution in [0.15, 0.2) is 18.2 Å². The molecule has 1 heteroatoms. The van der Waals surface area contributed by atoms with Gasteiger partial charge in [0.15, 0.2) is 0 Å². The van der Waals surface area contributed by atoms with Crippen LogP contribution in [-0.2, 0) is 0 Å². The molecule has 0 saturated heterocycles. The van der Waals surface area contributed by atoms with E-state index in [-0.39, 0.29) is 7.47 Å². The molecular weight excluding hydrogens is 158 g/mol. The molecule has 0 unspecified atom stereocenters. The molecule has 13 heavy (non-hydrogen) atoms. The minimum atomic E-state index is 0. The normalized spacial score (nSPS) is 11.5. The van der Waals surface area contributed by atoms with Gasteiger partial charge in [-0.15, -0.1) is 0 Å². The standard InChI is InChI=1S/C10H15N.C2H6.H2/c1-7-4-5-10(9(3)11)6-8(7)2;1-2;/h4-6,9H,11H2,1-3H3;1-2H3;1H/t9-;;/m0../s1. The van der Waals surface area contributed by atoms with Gasteiger partial charge >= 0.3 is 0 Å². The van der Waals surface area contributed by atoms with Crippen molar-refractivity contribution in [2.24, 2.45) is 5.73 Å². The third-order valence-electron chi connectivity index (χ3n) is 2.06. The van der Waals surface area contributed by atoms with E-state index in [9.17, 15) is 0 Å². The Morgan fingerprint density at radius 2 is 1.69 bits per heavy atom. The summed E-state index contributed by atoms with van der Waals surface area (Å²) in [5.41, 5.74) is 9.60. The summed E-state index contributed by atoms with van der Waals surface area (Å²) in [6.07, 6.45) is 0. The zero-order valence-corrected chi connectivity index (χ0v) is 9.39. The fraction of sp³-hybridized carbons (Fsp3) is 0.500. The van der Waals surface area contributed by atoms with Crippen LogP contribution in [0.25, 0.3) is 0 Å². The lowest BCUT2D eigenvalue weighted by molar-refractivity contribution is 0.816. The van der Waals surface area contributed by atoms with E-state index in [4.69, 9.17) is 5.73 Å². The molecule has 0 fully saturated rings. The molecule has 0 saturated carbocycles. The molecule has 1 rings (SSSR count). The predicted molar refractivity (Wildman–Crippen MR) is 62.0 cm³/mol. The first-order valence-electron chi connectivity index (χ1n) is 4.94. The second kappa shape index (κ2) is 5.76. The van der Waals surface area contributed by atoms with Crippen LogP contribution in [-0.4, -0.2) is 0 Å². The van der Waals surface area contributed by atoms with Gasteiger partial charge in [0.2, 0.25) is 0 Å². The number of benzene rings is 1. The molecular formula is C12H23N. The highest BCUT2D eigenvalue weighted by atomic mass is 14.6. The highest BCUT2D eigenvalue weighted by molar-refractivity contribution is 5.31. The SMILES string of the molecule is CC.Cc1ccc([C@H](C)N)cc1C.[HH]. The number of nitrogens with two attached hydrogens (primary N) is 1. The average molecular weight is 181 g/mol. The molecule has 0 heterocycles. The Morgan fingerprint density at radius 1 is 1.15 bits per heavy atom. The van der Waals surface area contributed by atoms with Gasteiger partial charge in [0.1, 0.15) is 0 Å². The average Bonchev–Trinajstić information content (AvgIpc) is 2.13. The summed E-state index contributed by atoms with van der Waals surface area (Å²) in [5.74, 6) is 0. The second-order valence-corrected chi connectivity index (χ2v) is 3.13. The molecule has 0 radical (unpaired) electrons. The Hall–Kier alpha value is -0.820. The fourth-order valence-corrected chi connectivity index (χ4v) is 1.05. The predicted octanol–water partition coefficient (Wildman–Crippen LogP) is 3.60. The van der Waals surface area contributed by atoms with Crippen LogP contribution in [0.1, 0.15) is 44.9 Å². The zero-order valence-electron chi connectivity index (χ0n) is 9.39. The van der Waals surface area contributed by atoms with Gasteiger partial charge in [0.25, 0.3) is 0 Å². The Bertz CT molecular complexity index is 256. The number of hydrogen-bond donors (Lipinski definition) is 1. The van der Waals surface area contributed by atoms with E-state index in [1.807, 2.05) is 20.8 Å². The smallest absolute Gasteiger partial charge is 0.0266 e. The number of aryl methyl sites for hydroxylation is 2. The van der Waals surface area contributed by atoms with E-state index in [1.54, 1.807) is 0 Å². The van der Waals surface area contributed by atoms with Crippen LogP contribution in [0.5, 0.6) is 0 Å². The maximum atomic E-state index is 5.73. The topological polar surface area (TPSA) is 26.0 Å². The molecule has 1 aromatic carbocycles. The third kappa shape index (κ3) is 3.60. The van der Waals surface area contributed by atoms with Crippen molar-refractivity contribution in [3.8, 4) is 0 Å². The van der Waals surface area contributed by atoms with Crippen molar-refractivity contribution in [1.29, 1.82) is 0 Å². The summed E-state index contributed by atoms with van der Waals surface area (Å²) in [6.45, 7) is 10.2. The summed E-state index contributed by atoms with van der Waals surface area (Å²) >= 11 is 0. The maximum Gasteiger partial charge on any atom is 0.0266 e. The van der Waals surface area contributed by atoms with Crippen LogP contribution < -0.4 is 5.73 Å². The van der Waals surface area contributed by atoms with E-state index in [2.05, 4.69) is 32.0 Å². The Balaban J connectivity index is 0. The van der Waals surface area contributed by atoms with Gasteiger partial charge in [-0.2, -0.15) is 0 Å². The first-order valence-corrected chi connectivity index (χ1v) is 4.94. The third-order valence-corrected chi connectivity index (χ3v) is 2.06. The van der Waals surface area contributed by atoms with E-state index in [1.165, 1.54) is 16.7 Å². The van der Waals surface area contributed by atoms with Gasteiger partial charge in [-0.3, -0.25) is 0 Å². The first kappa shape index (κ1) is 12.2. The van der Waals surface area contributed by atoms with Crippen molar-refractivity contribution >= 4 is 0 Å². The van der Waals surface area contributed by atoms with E-state index >= 15 is 0 Å². The first-order chi connectivity index (χ1) is 6.11. The molecule has 0 bridgehead atoms. The zero-order chi connectivity index (χ0) is 10.4. The van der Waals surface area contributed by atoms with E-state index in [0.29, 0.717) is 0 Å². The van der Waals surface area contributed by atoms with Gasteiger partial charge < -0.3 is 5.73 Å². The van der Waals surface area contributed by atoms with Crippen molar-refractivity contribution < 1.29 is 1.43 Å². The summed E-state index contributed by atoms with van der Waals surface area (Å²) in [7, 11) is 0. The van der Waals surface area contributed by atoms with E-state index in [0.717, 1.165) is 0 Å². The van der Waals surface area contributed by atoms with Crippen molar-refractivity contribution in [3.63, 3.8) is 0 Å². The fourth-order valence-electron chi connectivity index (χ4n) is 1.05. The van der Waals surface area contributed by atoms with Crippen molar-refractivity contribution in [1.82, 2.24) is 0 Å². The lowest BCUT2D eigenvalue weighted by Crippen LogP contribution is -2.05. The monoisotopic (exact) mass is 181 g/mol. The quantitative estimate of drug-likeness (QED) is 0.704. The Morgan fingerprint density at radius 3 is 2.08 bits per heavy atom. The van der Waals surface area contributed by atoms with Crippen LogP contribution in [0.3, 0.4) is 0 Å². The summed E-state index contributed by atoms with van der Waals surface area (Å²) in [4.78, 5) is 0. The highest BCUT2D eigenvalue weighted by Crippen LogP contribution is 2.14. The number of hydrogen-bond acceptors (Lipinski definition) is 1. The Kier molecular flexibility index (Phi) is 5.40. The molecule has 0 aromatic heterocycles. The molecule has 1 aromatic rings. The number of rotatable bonds is 1. The van der Waals surface area contributed by atoms with Gasteiger partial charge in [-0.05, 0) is 37.5 Å². The second-order valence-electron chi connectivity index (χ2n) is 3.13. The van der Waals surface area contributed by atoms with E-state index < -0.39 is 0 Å². The van der Waals surface area contributed by atoms with Crippen LogP contribution in [0.2, 0.25) is 0 Å². The van der Waals surface area contributed by atoms with Crippen molar-refractivity contribution in [2.75, 3.05) is 0 Å². The van der Waals surface area contributed by atoms with Crippen molar-refractivity contribution in [3.05, 3.63) is 34.9 Å². The molecule has 2 N–H and O–H groups in total. The van der Waals surface area contributed by atoms with Gasteiger partial charge in [0.05, 0.1) is 0 Å². The van der Waals surface area contributed by atoms with Crippen molar-refractivity contribution in [2.45, 2.75) is 40.7 Å². The van der Waals surface area contributed by atoms with Crippen LogP contribution in [0.4, 0.5) is 0 Å². The molecule has 0 aliphatic rings. The summed E-state index contributed by atoms with van der Waals surface area (Å²) in [6, 6.07) is 6.51. The van der Waals surface area contributed by atoms with Gasteiger partial charge in [0, 0.05) is 7.47 Å². The molecule has 1 atom stereocenters. The Labute approximate surface area is 83.5 Å². The van der Waals surface area contributed by atoms with Gasteiger partial charge in [-0.1, -0.05) is 32.0 Å². The minimum absolute atomic E-state index is 0. The largest absolute Gasteiger partial charge is 0.324 e. The highest BCUT2D eigenvalue weighted by Gasteiger charge is 1.99. The summed E-state index contributed by atoms with van der Waals surface area (Å²) < 4.78 is 0. The molecule has 0 spiro atoms. The molecule has 1 nitrogen and oxygen atoms in total. The lowest BCUT2D eigenvalue weighted by atomic mass is 10.0. The van der Waals surface area contributed by atoms with Crippen LogP contribution in [0, 0.1) is 13.8 Å². The molecule has 76 valence electrons. The lowest BCUT2D eigenvalue weighted by Gasteiger charge is -2.07. The van der Waals surface area contributed by atoms with Crippen LogP contribution >= 0.6 is 0 Å². The maximum absolute atomic E-state index is 5.73.